The van der Waals surface area contributed by atoms with Crippen molar-refractivity contribution in [2.75, 3.05) is 18.0 Å². The molecule has 1 heterocycles. The summed E-state index contributed by atoms with van der Waals surface area (Å²) >= 11 is 0. The topological polar surface area (TPSA) is 52.6 Å². The minimum Gasteiger partial charge on any atom is -0.393 e. The molecule has 24 heavy (non-hydrogen) atoms. The van der Waals surface area contributed by atoms with Gasteiger partial charge in [0.25, 0.3) is 5.91 Å². The van der Waals surface area contributed by atoms with Gasteiger partial charge in [0.2, 0.25) is 0 Å². The predicted octanol–water partition coefficient (Wildman–Crippen LogP) is 2.89. The van der Waals surface area contributed by atoms with Gasteiger partial charge in [-0.2, -0.15) is 0 Å². The molecule has 0 saturated carbocycles. The first-order chi connectivity index (χ1) is 11.6. The number of rotatable bonds is 4. The zero-order valence-corrected chi connectivity index (χ0v) is 14.0. The summed E-state index contributed by atoms with van der Waals surface area (Å²) in [5.74, 6) is -0.0566. The van der Waals surface area contributed by atoms with Gasteiger partial charge in [0.15, 0.2) is 0 Å². The van der Waals surface area contributed by atoms with Gasteiger partial charge in [0.1, 0.15) is 0 Å². The minimum atomic E-state index is -0.173. The first kappa shape index (κ1) is 16.5. The van der Waals surface area contributed by atoms with Crippen molar-refractivity contribution in [2.24, 2.45) is 0 Å². The van der Waals surface area contributed by atoms with Crippen molar-refractivity contribution in [1.82, 2.24) is 5.32 Å². The lowest BCUT2D eigenvalue weighted by Gasteiger charge is -2.31. The molecule has 1 saturated heterocycles. The summed E-state index contributed by atoms with van der Waals surface area (Å²) in [5.41, 5.74) is 4.09. The van der Waals surface area contributed by atoms with E-state index in [1.54, 1.807) is 0 Å². The van der Waals surface area contributed by atoms with E-state index in [-0.39, 0.29) is 12.0 Å². The number of carbonyl (C=O) groups excluding carboxylic acids is 1. The third-order valence-electron chi connectivity index (χ3n) is 4.66. The lowest BCUT2D eigenvalue weighted by molar-refractivity contribution is 0.0951. The number of aliphatic hydroxyl groups is 1. The molecule has 0 unspecified atom stereocenters. The molecule has 1 amide bonds. The van der Waals surface area contributed by atoms with Crippen LogP contribution in [0.3, 0.4) is 0 Å². The van der Waals surface area contributed by atoms with E-state index >= 15 is 0 Å². The SMILES string of the molecule is Cc1ccccc1CNC(=O)c1ccc(N2CCC(O)CC2)cc1. The summed E-state index contributed by atoms with van der Waals surface area (Å²) in [6, 6.07) is 15.8. The first-order valence-electron chi connectivity index (χ1n) is 8.49. The van der Waals surface area contributed by atoms with Crippen molar-refractivity contribution >= 4 is 11.6 Å². The maximum absolute atomic E-state index is 12.3. The number of piperidine rings is 1. The zero-order chi connectivity index (χ0) is 16.9. The third-order valence-corrected chi connectivity index (χ3v) is 4.66. The number of aliphatic hydroxyl groups excluding tert-OH is 1. The molecule has 126 valence electrons. The molecule has 0 spiro atoms. The lowest BCUT2D eigenvalue weighted by atomic mass is 10.1. The van der Waals surface area contributed by atoms with E-state index in [1.807, 2.05) is 55.5 Å². The summed E-state index contributed by atoms with van der Waals surface area (Å²) in [6.07, 6.45) is 1.44. The van der Waals surface area contributed by atoms with E-state index in [0.717, 1.165) is 37.2 Å². The van der Waals surface area contributed by atoms with Crippen molar-refractivity contribution in [3.63, 3.8) is 0 Å². The first-order valence-corrected chi connectivity index (χ1v) is 8.49. The molecule has 1 aliphatic rings. The van der Waals surface area contributed by atoms with Crippen LogP contribution >= 0.6 is 0 Å². The van der Waals surface area contributed by atoms with Crippen LogP contribution in [0.2, 0.25) is 0 Å². The molecule has 2 aromatic rings. The number of amides is 1. The highest BCUT2D eigenvalue weighted by molar-refractivity contribution is 5.94. The smallest absolute Gasteiger partial charge is 0.251 e. The van der Waals surface area contributed by atoms with Crippen LogP contribution in [0.4, 0.5) is 5.69 Å². The average Bonchev–Trinajstić information content (AvgIpc) is 2.62. The standard InChI is InChI=1S/C20H24N2O2/c1-15-4-2-3-5-17(15)14-21-20(24)16-6-8-18(9-7-16)22-12-10-19(23)11-13-22/h2-9,19,23H,10-14H2,1H3,(H,21,24). The highest BCUT2D eigenvalue weighted by atomic mass is 16.3. The average molecular weight is 324 g/mol. The van der Waals surface area contributed by atoms with Crippen LogP contribution in [0, 0.1) is 6.92 Å². The lowest BCUT2D eigenvalue weighted by Crippen LogP contribution is -2.35. The second-order valence-corrected chi connectivity index (χ2v) is 6.37. The number of nitrogens with zero attached hydrogens (tertiary/aromatic N) is 1. The fourth-order valence-corrected chi connectivity index (χ4v) is 3.03. The van der Waals surface area contributed by atoms with E-state index in [4.69, 9.17) is 0 Å². The highest BCUT2D eigenvalue weighted by Gasteiger charge is 2.17. The molecular formula is C20H24N2O2. The summed E-state index contributed by atoms with van der Waals surface area (Å²) in [7, 11) is 0. The van der Waals surface area contributed by atoms with Gasteiger partial charge in [-0.1, -0.05) is 24.3 Å². The number of nitrogens with one attached hydrogen (secondary N) is 1. The summed E-state index contributed by atoms with van der Waals surface area (Å²) in [4.78, 5) is 14.6. The van der Waals surface area contributed by atoms with Crippen LogP contribution in [0.5, 0.6) is 0 Å². The monoisotopic (exact) mass is 324 g/mol. The molecule has 0 radical (unpaired) electrons. The number of benzene rings is 2. The Morgan fingerprint density at radius 1 is 1.12 bits per heavy atom. The van der Waals surface area contributed by atoms with Crippen molar-refractivity contribution in [3.8, 4) is 0 Å². The Morgan fingerprint density at radius 2 is 1.79 bits per heavy atom. The number of aryl methyl sites for hydroxylation is 1. The summed E-state index contributed by atoms with van der Waals surface area (Å²) in [5, 5.41) is 12.6. The Balaban J connectivity index is 1.59. The van der Waals surface area contributed by atoms with Crippen LogP contribution < -0.4 is 10.2 Å². The van der Waals surface area contributed by atoms with Crippen LogP contribution in [0.1, 0.15) is 34.3 Å². The normalized spacial score (nSPS) is 15.3. The van der Waals surface area contributed by atoms with E-state index < -0.39 is 0 Å². The fourth-order valence-electron chi connectivity index (χ4n) is 3.03. The molecule has 0 atom stereocenters. The molecule has 0 aromatic heterocycles. The molecule has 2 N–H and O–H groups in total. The summed E-state index contributed by atoms with van der Waals surface area (Å²) in [6.45, 7) is 4.31. The molecule has 2 aromatic carbocycles. The van der Waals surface area contributed by atoms with Gasteiger partial charge in [-0.25, -0.2) is 0 Å². The van der Waals surface area contributed by atoms with E-state index in [0.29, 0.717) is 12.1 Å². The summed E-state index contributed by atoms with van der Waals surface area (Å²) < 4.78 is 0. The maximum Gasteiger partial charge on any atom is 0.251 e. The van der Waals surface area contributed by atoms with Gasteiger partial charge in [0, 0.05) is 30.9 Å². The van der Waals surface area contributed by atoms with Gasteiger partial charge in [-0.05, 0) is 55.2 Å². The minimum absolute atomic E-state index is 0.0566. The predicted molar refractivity (Wildman–Crippen MR) is 96.2 cm³/mol. The molecule has 3 rings (SSSR count). The van der Waals surface area contributed by atoms with Crippen molar-refractivity contribution < 1.29 is 9.90 Å². The Bertz CT molecular complexity index is 689. The quantitative estimate of drug-likeness (QED) is 0.909. The van der Waals surface area contributed by atoms with E-state index in [9.17, 15) is 9.90 Å². The molecule has 0 aliphatic carbocycles. The Hall–Kier alpha value is -2.33. The number of anilines is 1. The molecule has 1 fully saturated rings. The van der Waals surface area contributed by atoms with Crippen molar-refractivity contribution in [3.05, 3.63) is 65.2 Å². The largest absolute Gasteiger partial charge is 0.393 e. The Kier molecular flexibility index (Phi) is 5.16. The number of carbonyl (C=O) groups is 1. The van der Waals surface area contributed by atoms with E-state index in [1.165, 1.54) is 5.56 Å². The molecular weight excluding hydrogens is 300 g/mol. The molecule has 4 nitrogen and oxygen atoms in total. The van der Waals surface area contributed by atoms with Gasteiger partial charge in [-0.3, -0.25) is 4.79 Å². The van der Waals surface area contributed by atoms with Crippen LogP contribution in [-0.2, 0) is 6.54 Å². The molecule has 1 aliphatic heterocycles. The van der Waals surface area contributed by atoms with Crippen LogP contribution in [0.25, 0.3) is 0 Å². The Morgan fingerprint density at radius 3 is 2.46 bits per heavy atom. The Labute approximate surface area is 143 Å². The van der Waals surface area contributed by atoms with Gasteiger partial charge in [0.05, 0.1) is 6.10 Å². The van der Waals surface area contributed by atoms with Crippen LogP contribution in [0.15, 0.2) is 48.5 Å². The maximum atomic E-state index is 12.3. The van der Waals surface area contributed by atoms with E-state index in [2.05, 4.69) is 10.2 Å². The van der Waals surface area contributed by atoms with Gasteiger partial charge < -0.3 is 15.3 Å². The number of hydrogen-bond donors (Lipinski definition) is 2. The zero-order valence-electron chi connectivity index (χ0n) is 14.0. The van der Waals surface area contributed by atoms with Crippen molar-refractivity contribution in [2.45, 2.75) is 32.4 Å². The molecule has 4 heteroatoms. The second kappa shape index (κ2) is 7.49. The number of hydrogen-bond acceptors (Lipinski definition) is 3. The second-order valence-electron chi connectivity index (χ2n) is 6.37. The third kappa shape index (κ3) is 3.95. The van der Waals surface area contributed by atoms with Crippen molar-refractivity contribution in [1.29, 1.82) is 0 Å². The fraction of sp³-hybridized carbons (Fsp3) is 0.350. The van der Waals surface area contributed by atoms with Gasteiger partial charge >= 0.3 is 0 Å². The molecule has 0 bridgehead atoms. The van der Waals surface area contributed by atoms with Gasteiger partial charge in [-0.15, -0.1) is 0 Å². The highest BCUT2D eigenvalue weighted by Crippen LogP contribution is 2.20. The van der Waals surface area contributed by atoms with Crippen LogP contribution in [-0.4, -0.2) is 30.2 Å².